The van der Waals surface area contributed by atoms with E-state index in [2.05, 4.69) is 0 Å². The van der Waals surface area contributed by atoms with Gasteiger partial charge in [-0.15, -0.1) is 11.3 Å². The van der Waals surface area contributed by atoms with Crippen molar-refractivity contribution in [3.8, 4) is 0 Å². The number of thiophene rings is 1. The van der Waals surface area contributed by atoms with E-state index < -0.39 is 5.97 Å². The molecular weight excluding hydrogens is 176 g/mol. The molecule has 0 radical (unpaired) electrons. The highest BCUT2D eigenvalue weighted by Gasteiger charge is 2.03. The van der Waals surface area contributed by atoms with Crippen LogP contribution in [-0.4, -0.2) is 17.4 Å². The predicted molar refractivity (Wildman–Crippen MR) is 46.4 cm³/mol. The van der Waals surface area contributed by atoms with Crippen molar-refractivity contribution < 1.29 is 14.7 Å². The molecule has 3 nitrogen and oxygen atoms in total. The molecule has 0 spiro atoms. The van der Waals surface area contributed by atoms with Crippen LogP contribution < -0.4 is 0 Å². The summed E-state index contributed by atoms with van der Waals surface area (Å²) in [5.74, 6) is -0.939. The summed E-state index contributed by atoms with van der Waals surface area (Å²) >= 11 is 1.14. The second-order valence-electron chi connectivity index (χ2n) is 2.04. The molecule has 0 fully saturated rings. The lowest BCUT2D eigenvalue weighted by Crippen LogP contribution is -1.89. The third-order valence-corrected chi connectivity index (χ3v) is 2.13. The van der Waals surface area contributed by atoms with E-state index in [-0.39, 0.29) is 4.88 Å². The van der Waals surface area contributed by atoms with Gasteiger partial charge in [0.15, 0.2) is 0 Å². The number of rotatable bonds is 3. The standard InChI is InChI=1S/C8H6O3S/c9-3-1-2-6-4-7(8(10)11)12-5-6/h1-5H,(H,10,11). The molecule has 0 aromatic carbocycles. The highest BCUT2D eigenvalue weighted by atomic mass is 32.1. The van der Waals surface area contributed by atoms with Crippen LogP contribution in [0.5, 0.6) is 0 Å². The molecule has 1 aromatic heterocycles. The van der Waals surface area contributed by atoms with Crippen LogP contribution in [0.4, 0.5) is 0 Å². The molecule has 0 unspecified atom stereocenters. The molecule has 0 bridgehead atoms. The summed E-state index contributed by atoms with van der Waals surface area (Å²) in [6, 6.07) is 1.52. The maximum Gasteiger partial charge on any atom is 0.345 e. The van der Waals surface area contributed by atoms with Gasteiger partial charge in [0.2, 0.25) is 0 Å². The van der Waals surface area contributed by atoms with Gasteiger partial charge in [0.05, 0.1) is 0 Å². The highest BCUT2D eigenvalue weighted by Crippen LogP contribution is 2.15. The summed E-state index contributed by atoms with van der Waals surface area (Å²) in [5, 5.41) is 10.2. The van der Waals surface area contributed by atoms with Gasteiger partial charge in [-0.3, -0.25) is 4.79 Å². The predicted octanol–water partition coefficient (Wildman–Crippen LogP) is 1.66. The molecule has 4 heteroatoms. The Morgan fingerprint density at radius 3 is 2.83 bits per heavy atom. The van der Waals surface area contributed by atoms with Crippen molar-refractivity contribution in [2.75, 3.05) is 0 Å². The molecule has 0 atom stereocenters. The van der Waals surface area contributed by atoms with E-state index in [1.807, 2.05) is 0 Å². The molecule has 0 saturated heterocycles. The molecule has 0 aliphatic rings. The molecule has 0 amide bonds. The van der Waals surface area contributed by atoms with Gasteiger partial charge in [-0.2, -0.15) is 0 Å². The zero-order chi connectivity index (χ0) is 8.97. The quantitative estimate of drug-likeness (QED) is 0.571. The van der Waals surface area contributed by atoms with E-state index in [0.717, 1.165) is 16.9 Å². The van der Waals surface area contributed by atoms with Crippen LogP contribution in [-0.2, 0) is 4.79 Å². The first-order chi connectivity index (χ1) is 5.74. The van der Waals surface area contributed by atoms with E-state index in [4.69, 9.17) is 5.11 Å². The number of allylic oxidation sites excluding steroid dienone is 1. The van der Waals surface area contributed by atoms with Gasteiger partial charge in [-0.1, -0.05) is 6.08 Å². The van der Waals surface area contributed by atoms with Crippen molar-refractivity contribution in [3.05, 3.63) is 28.0 Å². The first-order valence-corrected chi connectivity index (χ1v) is 4.05. The third-order valence-electron chi connectivity index (χ3n) is 1.20. The minimum atomic E-state index is -0.939. The largest absolute Gasteiger partial charge is 0.477 e. The van der Waals surface area contributed by atoms with E-state index >= 15 is 0 Å². The van der Waals surface area contributed by atoms with Crippen molar-refractivity contribution in [2.24, 2.45) is 0 Å². The average molecular weight is 182 g/mol. The Kier molecular flexibility index (Phi) is 2.76. The Balaban J connectivity index is 2.84. The molecule has 1 aromatic rings. The molecule has 0 aliphatic carbocycles. The molecule has 0 saturated carbocycles. The Morgan fingerprint density at radius 1 is 1.58 bits per heavy atom. The molecular formula is C8H6O3S. The fourth-order valence-electron chi connectivity index (χ4n) is 0.701. The third kappa shape index (κ3) is 2.03. The van der Waals surface area contributed by atoms with Gasteiger partial charge in [0, 0.05) is 0 Å². The Morgan fingerprint density at radius 2 is 2.33 bits per heavy atom. The van der Waals surface area contributed by atoms with Gasteiger partial charge in [0.25, 0.3) is 0 Å². The minimum absolute atomic E-state index is 0.278. The van der Waals surface area contributed by atoms with Gasteiger partial charge in [0.1, 0.15) is 11.2 Å². The topological polar surface area (TPSA) is 54.4 Å². The molecule has 1 rings (SSSR count). The molecule has 1 heterocycles. The second-order valence-corrected chi connectivity index (χ2v) is 2.96. The fraction of sp³-hybridized carbons (Fsp3) is 0. The van der Waals surface area contributed by atoms with Crippen molar-refractivity contribution in [2.45, 2.75) is 0 Å². The highest BCUT2D eigenvalue weighted by molar-refractivity contribution is 7.12. The van der Waals surface area contributed by atoms with Crippen molar-refractivity contribution >= 4 is 29.7 Å². The van der Waals surface area contributed by atoms with Crippen molar-refractivity contribution in [3.63, 3.8) is 0 Å². The maximum atomic E-state index is 10.4. The van der Waals surface area contributed by atoms with E-state index in [1.54, 1.807) is 11.5 Å². The Hall–Kier alpha value is -1.42. The fourth-order valence-corrected chi connectivity index (χ4v) is 1.42. The van der Waals surface area contributed by atoms with Crippen LogP contribution in [0.3, 0.4) is 0 Å². The number of carbonyl (C=O) groups is 2. The Labute approximate surface area is 73.0 Å². The number of aromatic carboxylic acids is 1. The minimum Gasteiger partial charge on any atom is -0.477 e. The van der Waals surface area contributed by atoms with Crippen LogP contribution >= 0.6 is 11.3 Å². The van der Waals surface area contributed by atoms with Crippen LogP contribution in [0.15, 0.2) is 17.5 Å². The van der Waals surface area contributed by atoms with Crippen LogP contribution in [0.25, 0.3) is 6.08 Å². The van der Waals surface area contributed by atoms with E-state index in [9.17, 15) is 9.59 Å². The molecule has 0 aliphatic heterocycles. The molecule has 1 N–H and O–H groups in total. The lowest BCUT2D eigenvalue weighted by atomic mass is 10.3. The van der Waals surface area contributed by atoms with Gasteiger partial charge < -0.3 is 5.11 Å². The number of aldehydes is 1. The van der Waals surface area contributed by atoms with Crippen LogP contribution in [0.1, 0.15) is 15.2 Å². The number of carbonyl (C=O) groups excluding carboxylic acids is 1. The molecule has 62 valence electrons. The first-order valence-electron chi connectivity index (χ1n) is 3.17. The number of carboxylic acid groups (broad SMARTS) is 1. The lowest BCUT2D eigenvalue weighted by molar-refractivity contribution is -0.104. The summed E-state index contributed by atoms with van der Waals surface area (Å²) in [4.78, 5) is 20.6. The number of carboxylic acids is 1. The second kappa shape index (κ2) is 3.82. The maximum absolute atomic E-state index is 10.4. The van der Waals surface area contributed by atoms with Crippen molar-refractivity contribution in [1.82, 2.24) is 0 Å². The summed E-state index contributed by atoms with van der Waals surface area (Å²) < 4.78 is 0. The lowest BCUT2D eigenvalue weighted by Gasteiger charge is -1.81. The number of hydrogen-bond acceptors (Lipinski definition) is 3. The SMILES string of the molecule is O=CC=Cc1csc(C(=O)O)c1. The zero-order valence-corrected chi connectivity index (χ0v) is 6.88. The summed E-state index contributed by atoms with van der Waals surface area (Å²) in [6.07, 6.45) is 3.54. The molecule has 12 heavy (non-hydrogen) atoms. The van der Waals surface area contributed by atoms with E-state index in [0.29, 0.717) is 6.29 Å². The van der Waals surface area contributed by atoms with Gasteiger partial charge in [-0.05, 0) is 23.1 Å². The zero-order valence-electron chi connectivity index (χ0n) is 6.06. The normalized spacial score (nSPS) is 10.3. The summed E-state index contributed by atoms with van der Waals surface area (Å²) in [7, 11) is 0. The van der Waals surface area contributed by atoms with Crippen LogP contribution in [0.2, 0.25) is 0 Å². The monoisotopic (exact) mass is 182 g/mol. The first kappa shape index (κ1) is 8.67. The average Bonchev–Trinajstić information content (AvgIpc) is 2.48. The summed E-state index contributed by atoms with van der Waals surface area (Å²) in [5.41, 5.74) is 0.740. The van der Waals surface area contributed by atoms with Gasteiger partial charge in [-0.25, -0.2) is 4.79 Å². The smallest absolute Gasteiger partial charge is 0.345 e. The van der Waals surface area contributed by atoms with E-state index in [1.165, 1.54) is 12.1 Å². The van der Waals surface area contributed by atoms with Crippen molar-refractivity contribution in [1.29, 1.82) is 0 Å². The van der Waals surface area contributed by atoms with Gasteiger partial charge >= 0.3 is 5.97 Å². The summed E-state index contributed by atoms with van der Waals surface area (Å²) in [6.45, 7) is 0. The Bertz CT molecular complexity index is 325. The van der Waals surface area contributed by atoms with Crippen LogP contribution in [0, 0.1) is 0 Å². The number of hydrogen-bond donors (Lipinski definition) is 1.